The van der Waals surface area contributed by atoms with Crippen molar-refractivity contribution >= 4 is 16.3 Å². The second-order valence-corrected chi connectivity index (χ2v) is 10.3. The van der Waals surface area contributed by atoms with E-state index in [2.05, 4.69) is 56.1 Å². The van der Waals surface area contributed by atoms with Crippen LogP contribution in [0.2, 0.25) is 0 Å². The summed E-state index contributed by atoms with van der Waals surface area (Å²) in [7, 11) is 0.0765. The molecular formula is C27H58N2O5S. The zero-order valence-corrected chi connectivity index (χ0v) is 24.6. The van der Waals surface area contributed by atoms with Gasteiger partial charge < -0.3 is 10.6 Å². The van der Waals surface area contributed by atoms with E-state index >= 15 is 0 Å². The molecule has 0 aliphatic heterocycles. The predicted octanol–water partition coefficient (Wildman–Crippen LogP) is 7.07. The van der Waals surface area contributed by atoms with Gasteiger partial charge in [-0.25, -0.2) is 4.18 Å². The van der Waals surface area contributed by atoms with Crippen LogP contribution in [-0.4, -0.2) is 50.5 Å². The van der Waals surface area contributed by atoms with Crippen molar-refractivity contribution in [2.45, 2.75) is 136 Å². The van der Waals surface area contributed by atoms with Gasteiger partial charge in [-0.05, 0) is 66.5 Å². The molecule has 7 nitrogen and oxygen atoms in total. The number of carbonyl (C=O) groups excluding carboxylic acids is 1. The highest BCUT2D eigenvalue weighted by Gasteiger charge is 2.00. The molecule has 8 heteroatoms. The van der Waals surface area contributed by atoms with E-state index in [4.69, 9.17) is 10.3 Å². The standard InChI is InChI=1S/C18H35NO.C7H17N.C2H6O4S/c1-2-3-4-5-6-7-8-9-10-11-12-13-14-15-16-17-18(19)20;1-5-6-7(2)8(3)4;1-2-6-7(3,4)5/h9-10H,2-8,11-17H2,1H3,(H2,19,20);7H,5-6H2,1-4H3;2H2,1H3,(H,3,4,5)/b10-9-;;. The fourth-order valence-corrected chi connectivity index (χ4v) is 3.49. The lowest BCUT2D eigenvalue weighted by Gasteiger charge is -2.17. The van der Waals surface area contributed by atoms with Crippen molar-refractivity contribution in [1.29, 1.82) is 0 Å². The van der Waals surface area contributed by atoms with Gasteiger partial charge in [0.25, 0.3) is 0 Å². The number of rotatable bonds is 20. The van der Waals surface area contributed by atoms with Crippen molar-refractivity contribution in [1.82, 2.24) is 4.90 Å². The lowest BCUT2D eigenvalue weighted by Crippen LogP contribution is -2.23. The van der Waals surface area contributed by atoms with E-state index in [0.29, 0.717) is 6.42 Å². The van der Waals surface area contributed by atoms with Crippen LogP contribution in [0.25, 0.3) is 0 Å². The predicted molar refractivity (Wildman–Crippen MR) is 150 cm³/mol. The van der Waals surface area contributed by atoms with Gasteiger partial charge in [-0.2, -0.15) is 8.42 Å². The molecule has 212 valence electrons. The van der Waals surface area contributed by atoms with Gasteiger partial charge in [0.05, 0.1) is 6.61 Å². The average Bonchev–Trinajstić information content (AvgIpc) is 2.76. The fraction of sp³-hybridized carbons (Fsp3) is 0.889. The van der Waals surface area contributed by atoms with E-state index in [-0.39, 0.29) is 12.5 Å². The lowest BCUT2D eigenvalue weighted by atomic mass is 10.1. The van der Waals surface area contributed by atoms with Crippen molar-refractivity contribution in [3.8, 4) is 0 Å². The summed E-state index contributed by atoms with van der Waals surface area (Å²) in [5.74, 6) is -0.164. The highest BCUT2D eigenvalue weighted by molar-refractivity contribution is 7.80. The largest absolute Gasteiger partial charge is 0.397 e. The minimum absolute atomic E-state index is 0.0289. The van der Waals surface area contributed by atoms with Gasteiger partial charge in [0.2, 0.25) is 5.91 Å². The zero-order valence-electron chi connectivity index (χ0n) is 23.8. The van der Waals surface area contributed by atoms with Crippen LogP contribution in [-0.2, 0) is 19.4 Å². The van der Waals surface area contributed by atoms with Gasteiger partial charge in [-0.3, -0.25) is 9.35 Å². The van der Waals surface area contributed by atoms with Crippen molar-refractivity contribution in [3.63, 3.8) is 0 Å². The summed E-state index contributed by atoms with van der Waals surface area (Å²) in [5.41, 5.74) is 5.10. The van der Waals surface area contributed by atoms with E-state index in [0.717, 1.165) is 18.9 Å². The smallest absolute Gasteiger partial charge is 0.370 e. The molecule has 0 spiro atoms. The van der Waals surface area contributed by atoms with Gasteiger partial charge in [0.15, 0.2) is 0 Å². The van der Waals surface area contributed by atoms with Gasteiger partial charge in [-0.1, -0.05) is 83.8 Å². The minimum atomic E-state index is -4.17. The Morgan fingerprint density at radius 2 is 1.31 bits per heavy atom. The minimum Gasteiger partial charge on any atom is -0.370 e. The number of unbranched alkanes of at least 4 members (excludes halogenated alkanes) is 11. The molecule has 0 aromatic carbocycles. The van der Waals surface area contributed by atoms with E-state index in [9.17, 15) is 13.2 Å². The Kier molecular flexibility index (Phi) is 32.3. The summed E-state index contributed by atoms with van der Waals surface area (Å²) in [5, 5.41) is 0. The van der Waals surface area contributed by atoms with Crippen LogP contribution in [0.3, 0.4) is 0 Å². The first-order chi connectivity index (χ1) is 16.5. The third kappa shape index (κ3) is 43.5. The molecule has 0 fully saturated rings. The van der Waals surface area contributed by atoms with Gasteiger partial charge in [-0.15, -0.1) is 0 Å². The van der Waals surface area contributed by atoms with E-state index in [1.165, 1.54) is 90.4 Å². The fourth-order valence-electron chi connectivity index (χ4n) is 3.19. The van der Waals surface area contributed by atoms with Crippen molar-refractivity contribution in [2.24, 2.45) is 5.73 Å². The molecular weight excluding hydrogens is 464 g/mol. The molecule has 0 radical (unpaired) electrons. The molecule has 1 atom stereocenters. The molecule has 0 rings (SSSR count). The summed E-state index contributed by atoms with van der Waals surface area (Å²) >= 11 is 0. The quantitative estimate of drug-likeness (QED) is 0.100. The Labute approximate surface area is 218 Å². The van der Waals surface area contributed by atoms with Crippen LogP contribution in [0.15, 0.2) is 12.2 Å². The SMILES string of the molecule is CCCC(C)N(C)C.CCCCCCCC/C=C\CCCCCCCC(N)=O.CCOS(=O)(=O)O. The van der Waals surface area contributed by atoms with Crippen molar-refractivity contribution < 1.29 is 21.9 Å². The molecule has 1 amide bonds. The summed E-state index contributed by atoms with van der Waals surface area (Å²) < 4.78 is 30.7. The van der Waals surface area contributed by atoms with Gasteiger partial charge in [0.1, 0.15) is 0 Å². The number of hydrogen-bond acceptors (Lipinski definition) is 5. The molecule has 0 heterocycles. The molecule has 0 saturated heterocycles. The van der Waals surface area contributed by atoms with Crippen LogP contribution < -0.4 is 5.73 Å². The normalized spacial score (nSPS) is 12.1. The monoisotopic (exact) mass is 522 g/mol. The molecule has 0 saturated carbocycles. The first-order valence-corrected chi connectivity index (χ1v) is 15.1. The first kappa shape index (κ1) is 38.6. The maximum atomic E-state index is 10.5. The number of primary amides is 1. The highest BCUT2D eigenvalue weighted by Crippen LogP contribution is 2.09. The second-order valence-electron chi connectivity index (χ2n) is 9.24. The number of nitrogens with zero attached hydrogens (tertiary/aromatic N) is 1. The van der Waals surface area contributed by atoms with Crippen LogP contribution in [0.1, 0.15) is 130 Å². The molecule has 0 bridgehead atoms. The Hall–Kier alpha value is -0.960. The first-order valence-electron chi connectivity index (χ1n) is 13.7. The number of amides is 1. The third-order valence-electron chi connectivity index (χ3n) is 5.54. The van der Waals surface area contributed by atoms with E-state index < -0.39 is 10.4 Å². The molecule has 1 unspecified atom stereocenters. The van der Waals surface area contributed by atoms with Gasteiger partial charge >= 0.3 is 10.4 Å². The van der Waals surface area contributed by atoms with Crippen molar-refractivity contribution in [2.75, 3.05) is 20.7 Å². The van der Waals surface area contributed by atoms with Crippen LogP contribution >= 0.6 is 0 Å². The maximum absolute atomic E-state index is 10.5. The summed E-state index contributed by atoms with van der Waals surface area (Å²) in [4.78, 5) is 12.8. The molecule has 3 N–H and O–H groups in total. The number of carbonyl (C=O) groups is 1. The lowest BCUT2D eigenvalue weighted by molar-refractivity contribution is -0.118. The molecule has 0 aromatic heterocycles. The third-order valence-corrected chi connectivity index (χ3v) is 6.07. The van der Waals surface area contributed by atoms with E-state index in [1.54, 1.807) is 0 Å². The Morgan fingerprint density at radius 3 is 1.63 bits per heavy atom. The molecule has 0 aliphatic carbocycles. The highest BCUT2D eigenvalue weighted by atomic mass is 32.3. The average molecular weight is 523 g/mol. The number of allylic oxidation sites excluding steroid dienone is 2. The summed E-state index contributed by atoms with van der Waals surface area (Å²) in [6.07, 6.45) is 24.5. The Morgan fingerprint density at radius 1 is 0.857 bits per heavy atom. The molecule has 35 heavy (non-hydrogen) atoms. The zero-order chi connectivity index (χ0) is 27.4. The number of hydrogen-bond donors (Lipinski definition) is 2. The van der Waals surface area contributed by atoms with Crippen LogP contribution in [0.4, 0.5) is 0 Å². The molecule has 0 aliphatic rings. The summed E-state index contributed by atoms with van der Waals surface area (Å²) in [6, 6.07) is 0.750. The topological polar surface area (TPSA) is 110 Å². The Balaban J connectivity index is -0.000000557. The maximum Gasteiger partial charge on any atom is 0.397 e. The van der Waals surface area contributed by atoms with Crippen molar-refractivity contribution in [3.05, 3.63) is 12.2 Å². The molecule has 0 aromatic rings. The van der Waals surface area contributed by atoms with Crippen LogP contribution in [0, 0.1) is 0 Å². The summed E-state index contributed by atoms with van der Waals surface area (Å²) in [6.45, 7) is 8.18. The second kappa shape index (κ2) is 29.3. The van der Waals surface area contributed by atoms with Gasteiger partial charge in [0, 0.05) is 12.5 Å². The van der Waals surface area contributed by atoms with E-state index in [1.807, 2.05) is 0 Å². The number of nitrogens with two attached hydrogens (primary N) is 1. The van der Waals surface area contributed by atoms with Crippen LogP contribution in [0.5, 0.6) is 0 Å². The Bertz CT molecular complexity index is 566.